The monoisotopic (exact) mass is 289 g/mol. The second-order valence-electron chi connectivity index (χ2n) is 6.53. The quantitative estimate of drug-likeness (QED) is 0.865. The van der Waals surface area contributed by atoms with Gasteiger partial charge >= 0.3 is 0 Å². The molecule has 0 aromatic heterocycles. The first-order chi connectivity index (χ1) is 10.3. The maximum Gasteiger partial charge on any atom is 0.161 e. The van der Waals surface area contributed by atoms with Crippen LogP contribution >= 0.6 is 0 Å². The van der Waals surface area contributed by atoms with E-state index in [0.29, 0.717) is 6.04 Å². The molecule has 3 nitrogen and oxygen atoms in total. The van der Waals surface area contributed by atoms with E-state index in [0.717, 1.165) is 29.9 Å². The molecule has 1 N–H and O–H groups in total. The van der Waals surface area contributed by atoms with E-state index in [1.807, 2.05) is 6.07 Å². The van der Waals surface area contributed by atoms with Gasteiger partial charge in [-0.1, -0.05) is 18.9 Å². The van der Waals surface area contributed by atoms with Crippen LogP contribution in [-0.4, -0.2) is 20.3 Å². The summed E-state index contributed by atoms with van der Waals surface area (Å²) in [6, 6.07) is 6.88. The van der Waals surface area contributed by atoms with E-state index in [-0.39, 0.29) is 0 Å². The molecular formula is C18H27NO2. The van der Waals surface area contributed by atoms with Crippen LogP contribution < -0.4 is 14.8 Å². The molecule has 0 heterocycles. The zero-order valence-corrected chi connectivity index (χ0v) is 13.2. The highest BCUT2D eigenvalue weighted by molar-refractivity contribution is 5.42. The van der Waals surface area contributed by atoms with Gasteiger partial charge in [-0.25, -0.2) is 0 Å². The molecule has 2 fully saturated rings. The second-order valence-corrected chi connectivity index (χ2v) is 6.53. The minimum atomic E-state index is 0.692. The summed E-state index contributed by atoms with van der Waals surface area (Å²) in [5.41, 5.74) is 1.26. The van der Waals surface area contributed by atoms with Crippen LogP contribution in [0.15, 0.2) is 18.2 Å². The summed E-state index contributed by atoms with van der Waals surface area (Å²) < 4.78 is 10.7. The van der Waals surface area contributed by atoms with Gasteiger partial charge in [0.15, 0.2) is 11.5 Å². The Labute approximate surface area is 128 Å². The van der Waals surface area contributed by atoms with Crippen molar-refractivity contribution in [3.8, 4) is 11.5 Å². The van der Waals surface area contributed by atoms with Crippen LogP contribution in [0, 0.1) is 11.8 Å². The number of nitrogens with one attached hydrogen (secondary N) is 1. The number of rotatable bonds is 6. The third kappa shape index (κ3) is 3.70. The highest BCUT2D eigenvalue weighted by Gasteiger charge is 2.34. The van der Waals surface area contributed by atoms with Crippen LogP contribution in [0.5, 0.6) is 11.5 Å². The lowest BCUT2D eigenvalue weighted by molar-refractivity contribution is 0.260. The lowest BCUT2D eigenvalue weighted by atomic mass is 9.82. The Morgan fingerprint density at radius 3 is 2.52 bits per heavy atom. The van der Waals surface area contributed by atoms with E-state index < -0.39 is 0 Å². The normalized spacial score (nSPS) is 25.6. The Hall–Kier alpha value is -1.22. The molecule has 1 aromatic carbocycles. The van der Waals surface area contributed by atoms with Gasteiger partial charge in [0.1, 0.15) is 0 Å². The molecule has 2 saturated carbocycles. The van der Waals surface area contributed by atoms with Crippen LogP contribution in [0.1, 0.15) is 44.1 Å². The molecule has 2 unspecified atom stereocenters. The van der Waals surface area contributed by atoms with Gasteiger partial charge in [-0.2, -0.15) is 0 Å². The van der Waals surface area contributed by atoms with Crippen molar-refractivity contribution in [3.63, 3.8) is 0 Å². The fraction of sp³-hybridized carbons (Fsp3) is 0.667. The van der Waals surface area contributed by atoms with Gasteiger partial charge in [0, 0.05) is 12.6 Å². The van der Waals surface area contributed by atoms with Crippen molar-refractivity contribution < 1.29 is 9.47 Å². The topological polar surface area (TPSA) is 30.5 Å². The minimum absolute atomic E-state index is 0.692. The number of ether oxygens (including phenoxy) is 2. The molecule has 3 heteroatoms. The van der Waals surface area contributed by atoms with Crippen LogP contribution in [0.3, 0.4) is 0 Å². The van der Waals surface area contributed by atoms with E-state index in [1.165, 1.54) is 44.1 Å². The smallest absolute Gasteiger partial charge is 0.161 e. The van der Waals surface area contributed by atoms with Gasteiger partial charge in [0.25, 0.3) is 0 Å². The molecule has 1 aromatic rings. The largest absolute Gasteiger partial charge is 0.493 e. The average Bonchev–Trinajstić information content (AvgIpc) is 3.38. The summed E-state index contributed by atoms with van der Waals surface area (Å²) in [5, 5.41) is 3.74. The summed E-state index contributed by atoms with van der Waals surface area (Å²) in [6.07, 6.45) is 8.51. The predicted octanol–water partition coefficient (Wildman–Crippen LogP) is 3.76. The summed E-state index contributed by atoms with van der Waals surface area (Å²) in [6.45, 7) is 0.919. The molecule has 0 aliphatic heterocycles. The van der Waals surface area contributed by atoms with Crippen molar-refractivity contribution >= 4 is 0 Å². The molecule has 0 saturated heterocycles. The number of hydrogen-bond donors (Lipinski definition) is 1. The Balaban J connectivity index is 1.54. The minimum Gasteiger partial charge on any atom is -0.493 e. The SMILES string of the molecule is COc1ccc(CNC2CCCC(C3CC3)C2)cc1OC. The molecule has 21 heavy (non-hydrogen) atoms. The second kappa shape index (κ2) is 6.69. The zero-order valence-electron chi connectivity index (χ0n) is 13.2. The Morgan fingerprint density at radius 2 is 1.81 bits per heavy atom. The summed E-state index contributed by atoms with van der Waals surface area (Å²) in [4.78, 5) is 0. The highest BCUT2D eigenvalue weighted by atomic mass is 16.5. The molecule has 116 valence electrons. The van der Waals surface area contributed by atoms with Gasteiger partial charge in [0.05, 0.1) is 14.2 Å². The number of hydrogen-bond acceptors (Lipinski definition) is 3. The maximum absolute atomic E-state index is 5.37. The molecule has 0 radical (unpaired) electrons. The van der Waals surface area contributed by atoms with E-state index in [1.54, 1.807) is 14.2 Å². The van der Waals surface area contributed by atoms with Gasteiger partial charge < -0.3 is 14.8 Å². The molecule has 0 bridgehead atoms. The molecule has 0 spiro atoms. The van der Waals surface area contributed by atoms with Gasteiger partial charge in [-0.3, -0.25) is 0 Å². The molecule has 3 rings (SSSR count). The molecular weight excluding hydrogens is 262 g/mol. The number of methoxy groups -OCH3 is 2. The zero-order chi connectivity index (χ0) is 14.7. The fourth-order valence-electron chi connectivity index (χ4n) is 3.66. The standard InChI is InChI=1S/C18H27NO2/c1-20-17-9-6-13(10-18(17)21-2)12-19-16-5-3-4-15(11-16)14-7-8-14/h6,9-10,14-16,19H,3-5,7-8,11-12H2,1-2H3. The van der Waals surface area contributed by atoms with Crippen molar-refractivity contribution in [2.45, 2.75) is 51.1 Å². The van der Waals surface area contributed by atoms with Crippen molar-refractivity contribution in [2.24, 2.45) is 11.8 Å². The predicted molar refractivity (Wildman–Crippen MR) is 84.9 cm³/mol. The molecule has 2 atom stereocenters. The first kappa shape index (κ1) is 14.7. The third-order valence-corrected chi connectivity index (χ3v) is 5.05. The highest BCUT2D eigenvalue weighted by Crippen LogP contribution is 2.43. The number of benzene rings is 1. The van der Waals surface area contributed by atoms with Crippen molar-refractivity contribution in [2.75, 3.05) is 14.2 Å². The van der Waals surface area contributed by atoms with Crippen molar-refractivity contribution in [1.29, 1.82) is 0 Å². The Morgan fingerprint density at radius 1 is 1.00 bits per heavy atom. The molecule has 2 aliphatic carbocycles. The summed E-state index contributed by atoms with van der Waals surface area (Å²) in [5.74, 6) is 3.65. The average molecular weight is 289 g/mol. The van der Waals surface area contributed by atoms with Gasteiger partial charge in [-0.15, -0.1) is 0 Å². The maximum atomic E-state index is 5.37. The lowest BCUT2D eigenvalue weighted by Crippen LogP contribution is -2.34. The van der Waals surface area contributed by atoms with Crippen LogP contribution in [0.25, 0.3) is 0 Å². The fourth-order valence-corrected chi connectivity index (χ4v) is 3.66. The van der Waals surface area contributed by atoms with Gasteiger partial charge in [0.2, 0.25) is 0 Å². The van der Waals surface area contributed by atoms with Crippen LogP contribution in [0.4, 0.5) is 0 Å². The molecule has 0 amide bonds. The van der Waals surface area contributed by atoms with Crippen molar-refractivity contribution in [3.05, 3.63) is 23.8 Å². The van der Waals surface area contributed by atoms with Gasteiger partial charge in [-0.05, 0) is 55.2 Å². The van der Waals surface area contributed by atoms with Crippen LogP contribution in [-0.2, 0) is 6.54 Å². The summed E-state index contributed by atoms with van der Waals surface area (Å²) >= 11 is 0. The lowest BCUT2D eigenvalue weighted by Gasteiger charge is -2.30. The van der Waals surface area contributed by atoms with E-state index in [9.17, 15) is 0 Å². The Bertz CT molecular complexity index is 470. The van der Waals surface area contributed by atoms with E-state index in [2.05, 4.69) is 17.4 Å². The first-order valence-corrected chi connectivity index (χ1v) is 8.24. The van der Waals surface area contributed by atoms with E-state index >= 15 is 0 Å². The Kier molecular flexibility index (Phi) is 4.69. The van der Waals surface area contributed by atoms with Crippen LogP contribution in [0.2, 0.25) is 0 Å². The third-order valence-electron chi connectivity index (χ3n) is 5.05. The summed E-state index contributed by atoms with van der Waals surface area (Å²) in [7, 11) is 3.37. The van der Waals surface area contributed by atoms with E-state index in [4.69, 9.17) is 9.47 Å². The van der Waals surface area contributed by atoms with Crippen molar-refractivity contribution in [1.82, 2.24) is 5.32 Å². The first-order valence-electron chi connectivity index (χ1n) is 8.24. The molecule has 2 aliphatic rings.